The number of ether oxygens (including phenoxy) is 1. The summed E-state index contributed by atoms with van der Waals surface area (Å²) in [4.78, 5) is 26.0. The maximum absolute atomic E-state index is 13.1. The topological polar surface area (TPSA) is 95.9 Å². The molecule has 3 N–H and O–H groups in total. The molecule has 0 heterocycles. The monoisotopic (exact) mass is 838 g/mol. The van der Waals surface area contributed by atoms with E-state index in [0.29, 0.717) is 19.3 Å². The summed E-state index contributed by atoms with van der Waals surface area (Å²) >= 11 is 0. The molecular formula is C54H95NO5. The van der Waals surface area contributed by atoms with E-state index in [1.807, 2.05) is 54.7 Å². The van der Waals surface area contributed by atoms with E-state index in [2.05, 4.69) is 44.3 Å². The smallest absolute Gasteiger partial charge is 0.306 e. The summed E-state index contributed by atoms with van der Waals surface area (Å²) in [5, 5.41) is 23.6. The highest BCUT2D eigenvalue weighted by atomic mass is 16.5. The molecule has 1 amide bonds. The number of unbranched alkanes of at least 4 members (excludes halogenated alkanes) is 25. The predicted molar refractivity (Wildman–Crippen MR) is 259 cm³/mol. The second-order valence-corrected chi connectivity index (χ2v) is 17.0. The largest absolute Gasteiger partial charge is 0.461 e. The first-order chi connectivity index (χ1) is 29.5. The lowest BCUT2D eigenvalue weighted by Crippen LogP contribution is -2.46. The minimum atomic E-state index is -0.819. The van der Waals surface area contributed by atoms with Crippen LogP contribution in [0.1, 0.15) is 233 Å². The quantitative estimate of drug-likeness (QED) is 0.0246. The van der Waals surface area contributed by atoms with Gasteiger partial charge in [0.1, 0.15) is 6.10 Å². The normalized spacial score (nSPS) is 13.9. The Labute approximate surface area is 371 Å². The van der Waals surface area contributed by atoms with Gasteiger partial charge in [-0.05, 0) is 44.9 Å². The van der Waals surface area contributed by atoms with Gasteiger partial charge in [0.2, 0.25) is 5.91 Å². The second kappa shape index (κ2) is 47.4. The van der Waals surface area contributed by atoms with Crippen molar-refractivity contribution in [1.82, 2.24) is 5.32 Å². The summed E-state index contributed by atoms with van der Waals surface area (Å²) in [5.74, 6) is -0.611. The molecule has 0 aliphatic carbocycles. The highest BCUT2D eigenvalue weighted by Gasteiger charge is 2.23. The van der Waals surface area contributed by atoms with Crippen LogP contribution in [0.5, 0.6) is 0 Å². The van der Waals surface area contributed by atoms with Crippen LogP contribution in [-0.2, 0) is 14.3 Å². The van der Waals surface area contributed by atoms with Gasteiger partial charge in [-0.25, -0.2) is 0 Å². The summed E-state index contributed by atoms with van der Waals surface area (Å²) in [6.45, 7) is 6.28. The first-order valence-corrected chi connectivity index (χ1v) is 25.2. The Balaban J connectivity index is 4.60. The molecule has 60 heavy (non-hydrogen) atoms. The maximum Gasteiger partial charge on any atom is 0.306 e. The number of aliphatic hydroxyl groups excluding tert-OH is 2. The van der Waals surface area contributed by atoms with Crippen LogP contribution in [0.15, 0.2) is 72.9 Å². The van der Waals surface area contributed by atoms with Crippen LogP contribution in [0, 0.1) is 0 Å². The zero-order chi connectivity index (χ0) is 43.8. The third-order valence-corrected chi connectivity index (χ3v) is 11.1. The molecule has 0 spiro atoms. The van der Waals surface area contributed by atoms with Gasteiger partial charge in [-0.15, -0.1) is 0 Å². The molecule has 3 atom stereocenters. The van der Waals surface area contributed by atoms with Crippen LogP contribution < -0.4 is 5.32 Å². The molecular weight excluding hydrogens is 743 g/mol. The molecule has 0 rings (SSSR count). The molecule has 346 valence electrons. The van der Waals surface area contributed by atoms with Crippen molar-refractivity contribution in [3.05, 3.63) is 72.9 Å². The van der Waals surface area contributed by atoms with Crippen molar-refractivity contribution in [1.29, 1.82) is 0 Å². The van der Waals surface area contributed by atoms with E-state index < -0.39 is 18.2 Å². The minimum absolute atomic E-state index is 0.0209. The molecule has 0 saturated carbocycles. The van der Waals surface area contributed by atoms with Crippen LogP contribution in [-0.4, -0.2) is 46.9 Å². The third kappa shape index (κ3) is 42.0. The Morgan fingerprint density at radius 1 is 0.517 bits per heavy atom. The fourth-order valence-electron chi connectivity index (χ4n) is 7.33. The number of esters is 1. The van der Waals surface area contributed by atoms with E-state index >= 15 is 0 Å². The average Bonchev–Trinajstić information content (AvgIpc) is 3.24. The first kappa shape index (κ1) is 57.3. The van der Waals surface area contributed by atoms with E-state index in [1.165, 1.54) is 141 Å². The van der Waals surface area contributed by atoms with Crippen molar-refractivity contribution in [3.63, 3.8) is 0 Å². The Kier molecular flexibility index (Phi) is 45.2. The third-order valence-electron chi connectivity index (χ3n) is 11.1. The summed E-state index contributed by atoms with van der Waals surface area (Å²) < 4.78 is 5.84. The van der Waals surface area contributed by atoms with Crippen LogP contribution in [0.3, 0.4) is 0 Å². The second-order valence-electron chi connectivity index (χ2n) is 17.0. The standard InChI is InChI=1S/C54H95NO5/c1-4-7-10-13-16-19-22-23-24-25-26-27-28-29-32-35-38-41-44-47-54(59)60-50(45-42-39-36-33-30-20-17-14-11-8-5-2)48-53(58)55-51(49-56)52(57)46-43-40-37-34-31-21-18-15-12-9-6-3/h8,11,14,17,20,23-24,30,33,36,39,42,50-52,56-57H,4-7,9-10,12-13,15-16,18-19,21-22,25-29,31-32,34-35,37-38,40-41,43-49H2,1-3H3,(H,55,58)/b11-8+,17-14+,24-23+,30-20-,36-33-,42-39+. The zero-order valence-corrected chi connectivity index (χ0v) is 39.3. The van der Waals surface area contributed by atoms with E-state index in [4.69, 9.17) is 4.74 Å². The molecule has 0 fully saturated rings. The van der Waals surface area contributed by atoms with Crippen LogP contribution >= 0.6 is 0 Å². The van der Waals surface area contributed by atoms with Gasteiger partial charge in [-0.2, -0.15) is 0 Å². The SMILES string of the molecule is CC/C=C/C=C/C=C\C=C/C=C/CC(CC(=O)NC(CO)C(O)CCCCCCCCCCCCC)OC(=O)CCCCCCCCCCC/C=C/CCCCCCCC. The number of amides is 1. The molecule has 0 aliphatic heterocycles. The molecule has 0 saturated heterocycles. The van der Waals surface area contributed by atoms with Gasteiger partial charge in [-0.1, -0.05) is 241 Å². The van der Waals surface area contributed by atoms with Gasteiger partial charge < -0.3 is 20.3 Å². The van der Waals surface area contributed by atoms with Gasteiger partial charge >= 0.3 is 5.97 Å². The molecule has 3 unspecified atom stereocenters. The number of allylic oxidation sites excluding steroid dienone is 11. The fourth-order valence-corrected chi connectivity index (χ4v) is 7.33. The van der Waals surface area contributed by atoms with E-state index in [9.17, 15) is 19.8 Å². The first-order valence-electron chi connectivity index (χ1n) is 25.2. The number of carbonyl (C=O) groups is 2. The highest BCUT2D eigenvalue weighted by molar-refractivity contribution is 5.77. The average molecular weight is 838 g/mol. The van der Waals surface area contributed by atoms with Crippen LogP contribution in [0.25, 0.3) is 0 Å². The van der Waals surface area contributed by atoms with Gasteiger partial charge in [0.15, 0.2) is 0 Å². The molecule has 6 nitrogen and oxygen atoms in total. The van der Waals surface area contributed by atoms with Gasteiger partial charge in [0.05, 0.1) is 25.2 Å². The van der Waals surface area contributed by atoms with Crippen molar-refractivity contribution >= 4 is 11.9 Å². The number of hydrogen-bond donors (Lipinski definition) is 3. The molecule has 0 aromatic rings. The van der Waals surface area contributed by atoms with Crippen molar-refractivity contribution in [3.8, 4) is 0 Å². The number of hydrogen-bond acceptors (Lipinski definition) is 5. The van der Waals surface area contributed by atoms with Crippen molar-refractivity contribution in [2.75, 3.05) is 6.61 Å². The molecule has 0 aliphatic rings. The summed E-state index contributed by atoms with van der Waals surface area (Å²) in [7, 11) is 0. The Morgan fingerprint density at radius 3 is 1.40 bits per heavy atom. The van der Waals surface area contributed by atoms with Crippen molar-refractivity contribution in [2.45, 2.75) is 251 Å². The predicted octanol–water partition coefficient (Wildman–Crippen LogP) is 15.0. The minimum Gasteiger partial charge on any atom is -0.461 e. The van der Waals surface area contributed by atoms with Gasteiger partial charge in [0.25, 0.3) is 0 Å². The van der Waals surface area contributed by atoms with Crippen molar-refractivity contribution < 1.29 is 24.5 Å². The number of nitrogens with one attached hydrogen (secondary N) is 1. The number of rotatable bonds is 44. The van der Waals surface area contributed by atoms with Crippen LogP contribution in [0.2, 0.25) is 0 Å². The van der Waals surface area contributed by atoms with Gasteiger partial charge in [-0.3, -0.25) is 9.59 Å². The molecule has 0 radical (unpaired) electrons. The fraction of sp³-hybridized carbons (Fsp3) is 0.741. The molecule has 0 bridgehead atoms. The number of carbonyl (C=O) groups excluding carboxylic acids is 2. The molecule has 0 aromatic carbocycles. The highest BCUT2D eigenvalue weighted by Crippen LogP contribution is 2.16. The lowest BCUT2D eigenvalue weighted by molar-refractivity contribution is -0.150. The van der Waals surface area contributed by atoms with E-state index in [1.54, 1.807) is 0 Å². The summed E-state index contributed by atoms with van der Waals surface area (Å²) in [6.07, 6.45) is 59.9. The molecule has 0 aromatic heterocycles. The lowest BCUT2D eigenvalue weighted by Gasteiger charge is -2.24. The summed E-state index contributed by atoms with van der Waals surface area (Å²) in [6, 6.07) is -0.740. The van der Waals surface area contributed by atoms with E-state index in [0.717, 1.165) is 44.9 Å². The Bertz CT molecular complexity index is 1120. The lowest BCUT2D eigenvalue weighted by atomic mass is 10.0. The molecule has 6 heteroatoms. The summed E-state index contributed by atoms with van der Waals surface area (Å²) in [5.41, 5.74) is 0. The van der Waals surface area contributed by atoms with Crippen LogP contribution in [0.4, 0.5) is 0 Å². The Morgan fingerprint density at radius 2 is 0.933 bits per heavy atom. The Hall–Kier alpha value is -2.70. The zero-order valence-electron chi connectivity index (χ0n) is 39.3. The number of aliphatic hydroxyl groups is 2. The van der Waals surface area contributed by atoms with E-state index in [-0.39, 0.29) is 24.9 Å². The van der Waals surface area contributed by atoms with Gasteiger partial charge in [0, 0.05) is 12.8 Å². The maximum atomic E-state index is 13.1. The van der Waals surface area contributed by atoms with Crippen molar-refractivity contribution in [2.24, 2.45) is 0 Å².